The Morgan fingerprint density at radius 2 is 1.73 bits per heavy atom. The highest BCUT2D eigenvalue weighted by Crippen LogP contribution is 2.51. The molecule has 1 saturated heterocycles. The van der Waals surface area contributed by atoms with Gasteiger partial charge >= 0.3 is 0 Å². The zero-order valence-electron chi connectivity index (χ0n) is 28.2. The van der Waals surface area contributed by atoms with Crippen LogP contribution in [0.25, 0.3) is 27.7 Å². The van der Waals surface area contributed by atoms with E-state index >= 15 is 13.6 Å². The first-order valence-corrected chi connectivity index (χ1v) is 17.5. The van der Waals surface area contributed by atoms with E-state index in [0.29, 0.717) is 29.3 Å². The number of halogens is 3. The maximum absolute atomic E-state index is 17.7. The quantitative estimate of drug-likeness (QED) is 0.255. The first-order valence-electron chi connectivity index (χ1n) is 17.1. The molecule has 11 nitrogen and oxygen atoms in total. The third-order valence-corrected chi connectivity index (χ3v) is 10.6. The van der Waals surface area contributed by atoms with Gasteiger partial charge in [-0.15, -0.1) is 0 Å². The summed E-state index contributed by atoms with van der Waals surface area (Å²) in [5.41, 5.74) is 0.244. The molecule has 2 aromatic carbocycles. The molecule has 2 aromatic heterocycles. The van der Waals surface area contributed by atoms with Crippen molar-refractivity contribution in [3.8, 4) is 22.6 Å². The van der Waals surface area contributed by atoms with Crippen molar-refractivity contribution >= 4 is 45.7 Å². The lowest BCUT2D eigenvalue weighted by atomic mass is 9.96. The summed E-state index contributed by atoms with van der Waals surface area (Å²) in [6, 6.07) is 4.22. The monoisotopic (exact) mass is 715 g/mol. The van der Waals surface area contributed by atoms with Crippen molar-refractivity contribution in [1.29, 1.82) is 0 Å². The number of carbonyl (C=O) groups is 2. The molecule has 4 aliphatic rings. The molecule has 2 saturated carbocycles. The van der Waals surface area contributed by atoms with E-state index in [4.69, 9.17) is 11.6 Å². The number of phenolic OH excluding ortho intramolecular Hbond substituents is 1. The summed E-state index contributed by atoms with van der Waals surface area (Å²) in [4.78, 5) is 58.5. The predicted octanol–water partition coefficient (Wildman–Crippen LogP) is 4.95. The number of pyridine rings is 1. The van der Waals surface area contributed by atoms with Crippen molar-refractivity contribution in [3.05, 3.63) is 81.6 Å². The Kier molecular flexibility index (Phi) is 8.10. The van der Waals surface area contributed by atoms with E-state index in [1.54, 1.807) is 4.90 Å². The average molecular weight is 716 g/mol. The second-order valence-electron chi connectivity index (χ2n) is 13.9. The minimum absolute atomic E-state index is 0.0216. The smallest absolute Gasteiger partial charge is 0.281 e. The fourth-order valence-electron chi connectivity index (χ4n) is 7.53. The summed E-state index contributed by atoms with van der Waals surface area (Å²) in [6.45, 7) is 4.54. The van der Waals surface area contributed by atoms with Crippen LogP contribution in [0.1, 0.15) is 48.9 Å². The molecule has 264 valence electrons. The fourth-order valence-corrected chi connectivity index (χ4v) is 7.82. The van der Waals surface area contributed by atoms with Crippen LogP contribution in [0.5, 0.6) is 5.75 Å². The summed E-state index contributed by atoms with van der Waals surface area (Å²) in [6.07, 6.45) is 6.00. The molecular formula is C37H36ClF2N7O4. The predicted molar refractivity (Wildman–Crippen MR) is 190 cm³/mol. The number of amides is 2. The van der Waals surface area contributed by atoms with E-state index in [1.165, 1.54) is 45.0 Å². The number of hydrogen-bond acceptors (Lipinski definition) is 8. The second kappa shape index (κ2) is 12.4. The number of aromatic nitrogens is 3. The van der Waals surface area contributed by atoms with Crippen molar-refractivity contribution < 1.29 is 23.5 Å². The summed E-state index contributed by atoms with van der Waals surface area (Å²) in [5.74, 6) is -3.09. The van der Waals surface area contributed by atoms with Crippen LogP contribution >= 0.6 is 11.6 Å². The number of likely N-dealkylation sites (N-methyl/N-ethyl adjacent to an activating group) is 1. The number of piperazine rings is 1. The lowest BCUT2D eigenvalue weighted by Gasteiger charge is -2.48. The minimum atomic E-state index is -1.01. The molecule has 2 aliphatic carbocycles. The standard InChI is InChI=1S/C37H36ClF2N7O4/c1-4-26(49)44-13-15-45-24(17-44)36(50)46(14-12-43(2)3)35-33(45)21-16-22(38)27(28-23(39)6-5-7-25(28)48)29(40)32(21)47(37(35)51)34-30(19-8-9-19)41-18-42-31(34)20-10-11-20/h4-7,16,18-20,24,48H,1,8-15,17H2,2-3H3/t24-/m1/s1. The summed E-state index contributed by atoms with van der Waals surface area (Å²) < 4.78 is 34.4. The van der Waals surface area contributed by atoms with E-state index in [2.05, 4.69) is 16.5 Å². The van der Waals surface area contributed by atoms with E-state index < -0.39 is 40.1 Å². The van der Waals surface area contributed by atoms with Crippen molar-refractivity contribution in [2.45, 2.75) is 43.6 Å². The Morgan fingerprint density at radius 3 is 2.33 bits per heavy atom. The van der Waals surface area contributed by atoms with Crippen LogP contribution in [0.2, 0.25) is 5.02 Å². The zero-order valence-corrected chi connectivity index (χ0v) is 29.0. The molecule has 4 aromatic rings. The lowest BCUT2D eigenvalue weighted by Crippen LogP contribution is -2.64. The molecule has 3 fully saturated rings. The largest absolute Gasteiger partial charge is 0.507 e. The van der Waals surface area contributed by atoms with E-state index in [0.717, 1.165) is 31.7 Å². The number of carbonyl (C=O) groups excluding carboxylic acids is 2. The highest BCUT2D eigenvalue weighted by atomic mass is 35.5. The van der Waals surface area contributed by atoms with Gasteiger partial charge in [0.1, 0.15) is 29.6 Å². The molecule has 51 heavy (non-hydrogen) atoms. The van der Waals surface area contributed by atoms with Crippen molar-refractivity contribution in [1.82, 2.24) is 24.3 Å². The second-order valence-corrected chi connectivity index (χ2v) is 14.4. The number of aromatic hydroxyl groups is 1. The number of nitrogens with zero attached hydrogens (tertiary/aromatic N) is 7. The highest BCUT2D eigenvalue weighted by molar-refractivity contribution is 6.35. The van der Waals surface area contributed by atoms with Crippen LogP contribution in [-0.4, -0.2) is 94.1 Å². The molecule has 0 radical (unpaired) electrons. The Hall–Kier alpha value is -4.88. The number of benzene rings is 2. The van der Waals surface area contributed by atoms with Crippen LogP contribution in [0.15, 0.2) is 48.0 Å². The molecule has 4 heterocycles. The normalized spacial score (nSPS) is 18.7. The van der Waals surface area contributed by atoms with Gasteiger partial charge in [0, 0.05) is 49.0 Å². The number of hydrogen-bond donors (Lipinski definition) is 1. The highest BCUT2D eigenvalue weighted by Gasteiger charge is 2.46. The maximum atomic E-state index is 17.7. The number of fused-ring (bicyclic) bond motifs is 5. The first-order chi connectivity index (χ1) is 24.5. The average Bonchev–Trinajstić information content (AvgIpc) is 4.03. The molecule has 14 heteroatoms. The van der Waals surface area contributed by atoms with Gasteiger partial charge in [0.2, 0.25) is 5.91 Å². The molecule has 0 unspecified atom stereocenters. The van der Waals surface area contributed by atoms with Crippen molar-refractivity contribution in [3.63, 3.8) is 0 Å². The molecule has 0 bridgehead atoms. The third kappa shape index (κ3) is 5.36. The van der Waals surface area contributed by atoms with E-state index in [9.17, 15) is 14.7 Å². The van der Waals surface area contributed by atoms with Gasteiger partial charge in [-0.1, -0.05) is 24.2 Å². The maximum Gasteiger partial charge on any atom is 0.281 e. The Balaban J connectivity index is 1.51. The van der Waals surface area contributed by atoms with Gasteiger partial charge in [0.15, 0.2) is 5.82 Å². The van der Waals surface area contributed by atoms with Gasteiger partial charge in [-0.3, -0.25) is 19.0 Å². The summed E-state index contributed by atoms with van der Waals surface area (Å²) >= 11 is 6.88. The SMILES string of the molecule is C=CC(=O)N1CCN2c3c(c(=O)n(-c4c(C5CC5)ncnc4C4CC4)c4c(F)c(-c5c(O)cccc5F)c(Cl)cc34)N(CCN(C)C)C(=O)[C@H]2C1. The molecule has 1 atom stereocenters. The van der Waals surface area contributed by atoms with Crippen LogP contribution in [0, 0.1) is 11.6 Å². The molecule has 0 spiro atoms. The Morgan fingerprint density at radius 1 is 1.04 bits per heavy atom. The number of rotatable bonds is 8. The zero-order chi connectivity index (χ0) is 35.9. The molecule has 2 aliphatic heterocycles. The van der Waals surface area contributed by atoms with Crippen molar-refractivity contribution in [2.24, 2.45) is 0 Å². The lowest BCUT2D eigenvalue weighted by molar-refractivity contribution is -0.128. The van der Waals surface area contributed by atoms with Crippen LogP contribution in [-0.2, 0) is 9.59 Å². The van der Waals surface area contributed by atoms with Gasteiger partial charge < -0.3 is 24.7 Å². The van der Waals surface area contributed by atoms with E-state index in [-0.39, 0.29) is 71.4 Å². The van der Waals surface area contributed by atoms with Gasteiger partial charge in [-0.25, -0.2) is 18.7 Å². The van der Waals surface area contributed by atoms with Crippen LogP contribution in [0.3, 0.4) is 0 Å². The molecule has 1 N–H and O–H groups in total. The summed E-state index contributed by atoms with van der Waals surface area (Å²) in [7, 11) is 3.71. The van der Waals surface area contributed by atoms with Gasteiger partial charge in [-0.2, -0.15) is 0 Å². The molecular weight excluding hydrogens is 680 g/mol. The topological polar surface area (TPSA) is 115 Å². The van der Waals surface area contributed by atoms with Crippen LogP contribution in [0.4, 0.5) is 20.2 Å². The van der Waals surface area contributed by atoms with Gasteiger partial charge in [-0.05, 0) is 64.1 Å². The molecule has 8 rings (SSSR count). The first kappa shape index (κ1) is 33.3. The fraction of sp³-hybridized carbons (Fsp3) is 0.378. The van der Waals surface area contributed by atoms with Gasteiger partial charge in [0.05, 0.1) is 45.4 Å². The third-order valence-electron chi connectivity index (χ3n) is 10.3. The minimum Gasteiger partial charge on any atom is -0.507 e. The van der Waals surface area contributed by atoms with Crippen LogP contribution < -0.4 is 15.4 Å². The van der Waals surface area contributed by atoms with Crippen molar-refractivity contribution in [2.75, 3.05) is 56.6 Å². The number of phenols is 1. The van der Waals surface area contributed by atoms with Gasteiger partial charge in [0.25, 0.3) is 11.5 Å². The Labute approximate surface area is 297 Å². The van der Waals surface area contributed by atoms with E-state index in [1.807, 2.05) is 19.0 Å². The molecule has 2 amide bonds. The Bertz CT molecular complexity index is 2170. The number of anilines is 2. The summed E-state index contributed by atoms with van der Waals surface area (Å²) in [5, 5.41) is 10.8.